The Kier molecular flexibility index (Phi) is 3.72. The van der Waals surface area contributed by atoms with Crippen LogP contribution >= 0.6 is 11.6 Å². The van der Waals surface area contributed by atoms with E-state index in [1.54, 1.807) is 12.1 Å². The van der Waals surface area contributed by atoms with E-state index in [0.29, 0.717) is 6.42 Å². The summed E-state index contributed by atoms with van der Waals surface area (Å²) < 4.78 is 12.7. The molecule has 0 N–H and O–H groups in total. The number of hydrogen-bond acceptors (Lipinski definition) is 1. The van der Waals surface area contributed by atoms with E-state index >= 15 is 0 Å². The first-order chi connectivity index (χ1) is 6.26. The van der Waals surface area contributed by atoms with Crippen molar-refractivity contribution in [3.63, 3.8) is 0 Å². The maximum Gasteiger partial charge on any atom is 0.123 e. The Labute approximate surface area is 81.8 Å². The summed E-state index contributed by atoms with van der Waals surface area (Å²) in [7, 11) is 0. The molecule has 0 aromatic heterocycles. The molecule has 0 heterocycles. The molecule has 0 saturated carbocycles. The number of hydrogen-bond donors (Lipinski definition) is 0. The summed E-state index contributed by atoms with van der Waals surface area (Å²) >= 11 is 5.54. The van der Waals surface area contributed by atoms with Gasteiger partial charge in [0.1, 0.15) is 5.82 Å². The van der Waals surface area contributed by atoms with E-state index in [4.69, 9.17) is 16.9 Å². The number of benzene rings is 1. The molecule has 68 valence electrons. The Morgan fingerprint density at radius 2 is 2.31 bits per heavy atom. The van der Waals surface area contributed by atoms with Gasteiger partial charge in [-0.05, 0) is 24.1 Å². The standard InChI is InChI=1S/C10H9ClFN/c11-6-9(7-13)4-8-2-1-3-10(12)5-8/h1-3,5,9H,4,6H2. The highest BCUT2D eigenvalue weighted by molar-refractivity contribution is 6.18. The number of nitrogens with zero attached hydrogens (tertiary/aromatic N) is 1. The highest BCUT2D eigenvalue weighted by Gasteiger charge is 2.06. The smallest absolute Gasteiger partial charge is 0.123 e. The molecule has 13 heavy (non-hydrogen) atoms. The van der Waals surface area contributed by atoms with Crippen LogP contribution < -0.4 is 0 Å². The van der Waals surface area contributed by atoms with Gasteiger partial charge in [0.05, 0.1) is 12.0 Å². The van der Waals surface area contributed by atoms with Crippen molar-refractivity contribution in [3.8, 4) is 6.07 Å². The fourth-order valence-corrected chi connectivity index (χ4v) is 1.26. The van der Waals surface area contributed by atoms with Crippen molar-refractivity contribution in [2.24, 2.45) is 5.92 Å². The molecule has 0 bridgehead atoms. The Balaban J connectivity index is 2.69. The summed E-state index contributed by atoms with van der Waals surface area (Å²) in [5.41, 5.74) is 0.812. The minimum atomic E-state index is -0.274. The van der Waals surface area contributed by atoms with Crippen LogP contribution in [0, 0.1) is 23.1 Å². The second kappa shape index (κ2) is 4.84. The lowest BCUT2D eigenvalue weighted by Gasteiger charge is -2.04. The number of alkyl halides is 1. The number of nitriles is 1. The van der Waals surface area contributed by atoms with Crippen LogP contribution in [0.25, 0.3) is 0 Å². The molecule has 0 saturated heterocycles. The first-order valence-electron chi connectivity index (χ1n) is 3.96. The normalized spacial score (nSPS) is 12.1. The third-order valence-electron chi connectivity index (χ3n) is 1.74. The average Bonchev–Trinajstić information content (AvgIpc) is 2.14. The number of halogens is 2. The first-order valence-corrected chi connectivity index (χ1v) is 4.49. The summed E-state index contributed by atoms with van der Waals surface area (Å²) in [6.07, 6.45) is 0.512. The maximum absolute atomic E-state index is 12.7. The Bertz CT molecular complexity index is 319. The zero-order chi connectivity index (χ0) is 9.68. The van der Waals surface area contributed by atoms with Crippen molar-refractivity contribution in [2.75, 3.05) is 5.88 Å². The third-order valence-corrected chi connectivity index (χ3v) is 2.11. The van der Waals surface area contributed by atoms with E-state index in [1.165, 1.54) is 12.1 Å². The largest absolute Gasteiger partial charge is 0.207 e. The van der Waals surface area contributed by atoms with Crippen LogP contribution in [-0.2, 0) is 6.42 Å². The molecular formula is C10H9ClFN. The van der Waals surface area contributed by atoms with E-state index in [2.05, 4.69) is 6.07 Å². The first kappa shape index (κ1) is 10.0. The van der Waals surface area contributed by atoms with Crippen LogP contribution in [0.4, 0.5) is 4.39 Å². The van der Waals surface area contributed by atoms with E-state index in [9.17, 15) is 4.39 Å². The lowest BCUT2D eigenvalue weighted by atomic mass is 10.0. The van der Waals surface area contributed by atoms with Gasteiger partial charge in [-0.15, -0.1) is 11.6 Å². The predicted octanol–water partition coefficient (Wildman–Crippen LogP) is 2.75. The fourth-order valence-electron chi connectivity index (χ4n) is 1.08. The predicted molar refractivity (Wildman–Crippen MR) is 49.9 cm³/mol. The second-order valence-corrected chi connectivity index (χ2v) is 3.12. The van der Waals surface area contributed by atoms with Crippen LogP contribution in [-0.4, -0.2) is 5.88 Å². The van der Waals surface area contributed by atoms with Gasteiger partial charge >= 0.3 is 0 Å². The van der Waals surface area contributed by atoms with Gasteiger partial charge in [0, 0.05) is 5.88 Å². The van der Waals surface area contributed by atoms with E-state index in [-0.39, 0.29) is 17.6 Å². The van der Waals surface area contributed by atoms with Crippen LogP contribution in [0.5, 0.6) is 0 Å². The van der Waals surface area contributed by atoms with Gasteiger partial charge in [-0.3, -0.25) is 0 Å². The molecular weight excluding hydrogens is 189 g/mol. The second-order valence-electron chi connectivity index (χ2n) is 2.81. The Morgan fingerprint density at radius 3 is 2.85 bits per heavy atom. The van der Waals surface area contributed by atoms with Crippen LogP contribution in [0.2, 0.25) is 0 Å². The van der Waals surface area contributed by atoms with Crippen molar-refractivity contribution in [1.82, 2.24) is 0 Å². The van der Waals surface area contributed by atoms with E-state index < -0.39 is 0 Å². The molecule has 0 fully saturated rings. The topological polar surface area (TPSA) is 23.8 Å². The van der Waals surface area contributed by atoms with Gasteiger partial charge in [-0.1, -0.05) is 12.1 Å². The Hall–Kier alpha value is -1.07. The zero-order valence-electron chi connectivity index (χ0n) is 7.00. The number of rotatable bonds is 3. The molecule has 1 unspecified atom stereocenters. The van der Waals surface area contributed by atoms with Gasteiger partial charge in [-0.25, -0.2) is 4.39 Å². The highest BCUT2D eigenvalue weighted by atomic mass is 35.5. The SMILES string of the molecule is N#CC(CCl)Cc1cccc(F)c1. The van der Waals surface area contributed by atoms with E-state index in [0.717, 1.165) is 5.56 Å². The average molecular weight is 198 g/mol. The summed E-state index contributed by atoms with van der Waals surface area (Å²) in [6.45, 7) is 0. The van der Waals surface area contributed by atoms with Gasteiger partial charge in [0.2, 0.25) is 0 Å². The van der Waals surface area contributed by atoms with Crippen molar-refractivity contribution in [1.29, 1.82) is 5.26 Å². The van der Waals surface area contributed by atoms with Crippen molar-refractivity contribution in [3.05, 3.63) is 35.6 Å². The van der Waals surface area contributed by atoms with Crippen molar-refractivity contribution in [2.45, 2.75) is 6.42 Å². The monoisotopic (exact) mass is 197 g/mol. The minimum Gasteiger partial charge on any atom is -0.207 e. The zero-order valence-corrected chi connectivity index (χ0v) is 7.76. The van der Waals surface area contributed by atoms with Crippen molar-refractivity contribution < 1.29 is 4.39 Å². The van der Waals surface area contributed by atoms with Crippen molar-refractivity contribution >= 4 is 11.6 Å². The van der Waals surface area contributed by atoms with Gasteiger partial charge in [-0.2, -0.15) is 5.26 Å². The molecule has 0 amide bonds. The lowest BCUT2D eigenvalue weighted by Crippen LogP contribution is -2.03. The third kappa shape index (κ3) is 3.04. The minimum absolute atomic E-state index is 0.233. The Morgan fingerprint density at radius 1 is 1.54 bits per heavy atom. The van der Waals surface area contributed by atoms with Gasteiger partial charge in [0.15, 0.2) is 0 Å². The lowest BCUT2D eigenvalue weighted by molar-refractivity contribution is 0.622. The molecule has 1 nitrogen and oxygen atoms in total. The molecule has 1 aromatic rings. The highest BCUT2D eigenvalue weighted by Crippen LogP contribution is 2.10. The summed E-state index contributed by atoms with van der Waals surface area (Å²) in [5, 5.41) is 8.63. The molecule has 0 radical (unpaired) electrons. The summed E-state index contributed by atoms with van der Waals surface area (Å²) in [6, 6.07) is 8.30. The molecule has 0 aliphatic heterocycles. The maximum atomic E-state index is 12.7. The van der Waals surface area contributed by atoms with Crippen LogP contribution in [0.15, 0.2) is 24.3 Å². The molecule has 1 atom stereocenters. The molecule has 0 spiro atoms. The molecule has 0 aliphatic rings. The van der Waals surface area contributed by atoms with Gasteiger partial charge < -0.3 is 0 Å². The molecule has 1 aromatic carbocycles. The summed E-state index contributed by atoms with van der Waals surface area (Å²) in [4.78, 5) is 0. The summed E-state index contributed by atoms with van der Waals surface area (Å²) in [5.74, 6) is -0.222. The molecule has 3 heteroatoms. The van der Waals surface area contributed by atoms with Crippen LogP contribution in [0.3, 0.4) is 0 Å². The van der Waals surface area contributed by atoms with Gasteiger partial charge in [0.25, 0.3) is 0 Å². The molecule has 1 rings (SSSR count). The molecule has 0 aliphatic carbocycles. The fraction of sp³-hybridized carbons (Fsp3) is 0.300. The van der Waals surface area contributed by atoms with Crippen LogP contribution in [0.1, 0.15) is 5.56 Å². The quantitative estimate of drug-likeness (QED) is 0.684. The van der Waals surface area contributed by atoms with E-state index in [1.807, 2.05) is 0 Å².